The quantitative estimate of drug-likeness (QED) is 0.554. The second-order valence-corrected chi connectivity index (χ2v) is 2.67. The molecule has 0 N–H and O–H groups in total. The van der Waals surface area contributed by atoms with Crippen molar-refractivity contribution in [3.8, 4) is 0 Å². The van der Waals surface area contributed by atoms with Gasteiger partial charge < -0.3 is 4.90 Å². The van der Waals surface area contributed by atoms with Crippen molar-refractivity contribution in [2.24, 2.45) is 0 Å². The molecule has 0 aromatic carbocycles. The van der Waals surface area contributed by atoms with E-state index in [0.29, 0.717) is 13.0 Å². The van der Waals surface area contributed by atoms with Gasteiger partial charge >= 0.3 is 0 Å². The molecule has 0 aliphatic carbocycles. The minimum atomic E-state index is 0.215. The first-order chi connectivity index (χ1) is 5.22. The Labute approximate surface area is 68.9 Å². The molecular weight excluding hydrogens is 138 g/mol. The van der Waals surface area contributed by atoms with E-state index in [2.05, 4.69) is 13.5 Å². The Bertz CT molecular complexity index is 132. The van der Waals surface area contributed by atoms with Crippen LogP contribution in [0.25, 0.3) is 0 Å². The van der Waals surface area contributed by atoms with Crippen molar-refractivity contribution in [2.45, 2.75) is 26.2 Å². The average Bonchev–Trinajstić information content (AvgIpc) is 2.00. The predicted octanol–water partition coefficient (Wildman–Crippen LogP) is 1.82. The van der Waals surface area contributed by atoms with Crippen molar-refractivity contribution >= 4 is 5.91 Å². The molecule has 1 amide bonds. The Hall–Kier alpha value is -0.790. The fourth-order valence-electron chi connectivity index (χ4n) is 0.814. The standard InChI is InChI=1S/C9H17NO/c1-4-6-7-9(11)10(3)8-5-2/h5H,2,4,6-8H2,1,3H3. The van der Waals surface area contributed by atoms with Crippen molar-refractivity contribution in [1.82, 2.24) is 4.90 Å². The summed E-state index contributed by atoms with van der Waals surface area (Å²) in [5.41, 5.74) is 0. The SMILES string of the molecule is C=CCN(C)C(=O)CCCC. The summed E-state index contributed by atoms with van der Waals surface area (Å²) in [5.74, 6) is 0.215. The normalized spacial score (nSPS) is 9.27. The van der Waals surface area contributed by atoms with Crippen LogP contribution in [0.2, 0.25) is 0 Å². The van der Waals surface area contributed by atoms with E-state index in [-0.39, 0.29) is 5.91 Å². The number of carbonyl (C=O) groups excluding carboxylic acids is 1. The molecule has 0 aliphatic heterocycles. The number of hydrogen-bond acceptors (Lipinski definition) is 1. The van der Waals surface area contributed by atoms with Crippen molar-refractivity contribution in [3.05, 3.63) is 12.7 Å². The highest BCUT2D eigenvalue weighted by Crippen LogP contribution is 1.97. The Kier molecular flexibility index (Phi) is 5.53. The molecule has 0 spiro atoms. The van der Waals surface area contributed by atoms with Crippen LogP contribution in [0, 0.1) is 0 Å². The summed E-state index contributed by atoms with van der Waals surface area (Å²) in [4.78, 5) is 12.9. The largest absolute Gasteiger partial charge is 0.342 e. The Balaban J connectivity index is 3.54. The molecule has 0 atom stereocenters. The average molecular weight is 155 g/mol. The van der Waals surface area contributed by atoms with Crippen LogP contribution in [0.15, 0.2) is 12.7 Å². The number of nitrogens with zero attached hydrogens (tertiary/aromatic N) is 1. The lowest BCUT2D eigenvalue weighted by Crippen LogP contribution is -2.26. The fraction of sp³-hybridized carbons (Fsp3) is 0.667. The van der Waals surface area contributed by atoms with E-state index in [1.807, 2.05) is 0 Å². The highest BCUT2D eigenvalue weighted by Gasteiger charge is 2.04. The molecule has 0 saturated heterocycles. The zero-order chi connectivity index (χ0) is 8.69. The third kappa shape index (κ3) is 4.59. The first kappa shape index (κ1) is 10.2. The van der Waals surface area contributed by atoms with E-state index < -0.39 is 0 Å². The summed E-state index contributed by atoms with van der Waals surface area (Å²) in [6.45, 7) is 6.31. The van der Waals surface area contributed by atoms with E-state index in [0.717, 1.165) is 12.8 Å². The zero-order valence-corrected chi connectivity index (χ0v) is 7.47. The molecule has 0 fully saturated rings. The third-order valence-electron chi connectivity index (χ3n) is 1.57. The lowest BCUT2D eigenvalue weighted by atomic mass is 10.2. The minimum absolute atomic E-state index is 0.215. The van der Waals surface area contributed by atoms with Gasteiger partial charge in [-0.2, -0.15) is 0 Å². The first-order valence-electron chi connectivity index (χ1n) is 4.07. The summed E-state index contributed by atoms with van der Waals surface area (Å²) >= 11 is 0. The number of amides is 1. The van der Waals surface area contributed by atoms with Gasteiger partial charge in [-0.3, -0.25) is 4.79 Å². The predicted molar refractivity (Wildman–Crippen MR) is 47.4 cm³/mol. The summed E-state index contributed by atoms with van der Waals surface area (Å²) in [5, 5.41) is 0. The third-order valence-corrected chi connectivity index (χ3v) is 1.57. The molecule has 0 bridgehead atoms. The van der Waals surface area contributed by atoms with Crippen LogP contribution >= 0.6 is 0 Å². The Morgan fingerprint density at radius 2 is 2.27 bits per heavy atom. The maximum absolute atomic E-state index is 11.2. The molecule has 11 heavy (non-hydrogen) atoms. The molecule has 2 nitrogen and oxygen atoms in total. The van der Waals surface area contributed by atoms with Gasteiger partial charge in [-0.1, -0.05) is 19.4 Å². The number of rotatable bonds is 5. The van der Waals surface area contributed by atoms with Crippen LogP contribution in [-0.4, -0.2) is 24.4 Å². The van der Waals surface area contributed by atoms with Gasteiger partial charge in [-0.25, -0.2) is 0 Å². The zero-order valence-electron chi connectivity index (χ0n) is 7.47. The van der Waals surface area contributed by atoms with Crippen LogP contribution in [0.3, 0.4) is 0 Å². The summed E-state index contributed by atoms with van der Waals surface area (Å²) in [6, 6.07) is 0. The number of likely N-dealkylation sites (N-methyl/N-ethyl adjacent to an activating group) is 1. The molecule has 2 heteroatoms. The Morgan fingerprint density at radius 3 is 2.73 bits per heavy atom. The van der Waals surface area contributed by atoms with E-state index in [1.165, 1.54) is 0 Å². The van der Waals surface area contributed by atoms with Crippen LogP contribution in [0.5, 0.6) is 0 Å². The van der Waals surface area contributed by atoms with Crippen LogP contribution in [0.4, 0.5) is 0 Å². The second-order valence-electron chi connectivity index (χ2n) is 2.67. The van der Waals surface area contributed by atoms with Gasteiger partial charge in [0.15, 0.2) is 0 Å². The van der Waals surface area contributed by atoms with Crippen molar-refractivity contribution in [1.29, 1.82) is 0 Å². The summed E-state index contributed by atoms with van der Waals surface area (Å²) in [6.07, 6.45) is 4.47. The highest BCUT2D eigenvalue weighted by molar-refractivity contribution is 5.75. The van der Waals surface area contributed by atoms with E-state index >= 15 is 0 Å². The molecule has 0 aromatic rings. The van der Waals surface area contributed by atoms with Gasteiger partial charge in [0.25, 0.3) is 0 Å². The van der Waals surface area contributed by atoms with Crippen LogP contribution in [0.1, 0.15) is 26.2 Å². The lowest BCUT2D eigenvalue weighted by Gasteiger charge is -2.13. The van der Waals surface area contributed by atoms with Crippen LogP contribution < -0.4 is 0 Å². The lowest BCUT2D eigenvalue weighted by molar-refractivity contribution is -0.129. The maximum atomic E-state index is 11.2. The molecule has 0 radical (unpaired) electrons. The molecule has 0 rings (SSSR count). The maximum Gasteiger partial charge on any atom is 0.222 e. The van der Waals surface area contributed by atoms with E-state index in [9.17, 15) is 4.79 Å². The van der Waals surface area contributed by atoms with Gasteiger partial charge in [0.2, 0.25) is 5.91 Å². The van der Waals surface area contributed by atoms with Gasteiger partial charge in [-0.05, 0) is 6.42 Å². The van der Waals surface area contributed by atoms with Gasteiger partial charge in [0.1, 0.15) is 0 Å². The summed E-state index contributed by atoms with van der Waals surface area (Å²) in [7, 11) is 1.81. The van der Waals surface area contributed by atoms with Gasteiger partial charge in [-0.15, -0.1) is 6.58 Å². The number of unbranched alkanes of at least 4 members (excludes halogenated alkanes) is 1. The van der Waals surface area contributed by atoms with Gasteiger partial charge in [0, 0.05) is 20.0 Å². The molecule has 0 heterocycles. The highest BCUT2D eigenvalue weighted by atomic mass is 16.2. The first-order valence-corrected chi connectivity index (χ1v) is 4.07. The molecule has 0 aliphatic rings. The minimum Gasteiger partial charge on any atom is -0.342 e. The van der Waals surface area contributed by atoms with Crippen molar-refractivity contribution < 1.29 is 4.79 Å². The Morgan fingerprint density at radius 1 is 1.64 bits per heavy atom. The number of hydrogen-bond donors (Lipinski definition) is 0. The monoisotopic (exact) mass is 155 g/mol. The van der Waals surface area contributed by atoms with Crippen molar-refractivity contribution in [3.63, 3.8) is 0 Å². The topological polar surface area (TPSA) is 20.3 Å². The van der Waals surface area contributed by atoms with Gasteiger partial charge in [0.05, 0.1) is 0 Å². The van der Waals surface area contributed by atoms with E-state index in [4.69, 9.17) is 0 Å². The molecule has 64 valence electrons. The second kappa shape index (κ2) is 5.96. The molecular formula is C9H17NO. The molecule has 0 saturated carbocycles. The summed E-state index contributed by atoms with van der Waals surface area (Å²) < 4.78 is 0. The van der Waals surface area contributed by atoms with Crippen molar-refractivity contribution in [2.75, 3.05) is 13.6 Å². The molecule has 0 unspecified atom stereocenters. The van der Waals surface area contributed by atoms with Crippen LogP contribution in [-0.2, 0) is 4.79 Å². The fourth-order valence-corrected chi connectivity index (χ4v) is 0.814. The smallest absolute Gasteiger partial charge is 0.222 e. The van der Waals surface area contributed by atoms with E-state index in [1.54, 1.807) is 18.0 Å². The number of carbonyl (C=O) groups is 1. The molecule has 0 aromatic heterocycles.